The van der Waals surface area contributed by atoms with Gasteiger partial charge in [-0.3, -0.25) is 14.4 Å². The highest BCUT2D eigenvalue weighted by molar-refractivity contribution is 5.71. The molecule has 0 bridgehead atoms. The topological polar surface area (TPSA) is 78.9 Å². The monoisotopic (exact) mass is 1110 g/mol. The van der Waals surface area contributed by atoms with Gasteiger partial charge in [0.25, 0.3) is 0 Å². The Kier molecular flexibility index (Phi) is 62.0. The van der Waals surface area contributed by atoms with Crippen LogP contribution in [0.2, 0.25) is 0 Å². The van der Waals surface area contributed by atoms with Gasteiger partial charge in [0.2, 0.25) is 0 Å². The normalized spacial score (nSPS) is 13.5. The number of carbonyl (C=O) groups is 3. The SMILES string of the molecule is CC/C=C\C/C=C\C/C=C\C/C=C\C/C=C\C/C=C\C/C=C\CCCC(=O)OCC(COC(=O)CCCCCCCC/C=C\C/C=C\C/C=C\C/C=C\CC)OC(=O)CCCCCCC/C=C\C/C=C\C/C=C\C/C=C\C/C=C\CC. The van der Waals surface area contributed by atoms with Crippen LogP contribution in [-0.2, 0) is 28.6 Å². The Bertz CT molecular complexity index is 1950. The number of allylic oxidation sites excluding steroid dienone is 32. The first-order valence-electron chi connectivity index (χ1n) is 31.9. The third-order valence-electron chi connectivity index (χ3n) is 12.6. The van der Waals surface area contributed by atoms with Crippen molar-refractivity contribution in [3.05, 3.63) is 194 Å². The molecule has 0 aliphatic carbocycles. The van der Waals surface area contributed by atoms with Gasteiger partial charge in [0, 0.05) is 19.3 Å². The molecule has 0 aromatic heterocycles. The molecule has 0 amide bonds. The summed E-state index contributed by atoms with van der Waals surface area (Å²) in [4.78, 5) is 38.4. The van der Waals surface area contributed by atoms with E-state index in [1.165, 1.54) is 12.8 Å². The Morgan fingerprint density at radius 2 is 0.457 bits per heavy atom. The van der Waals surface area contributed by atoms with Crippen molar-refractivity contribution >= 4 is 17.9 Å². The standard InChI is InChI=1S/C75H114O6/c1-4-7-10-13-16-19-22-25-28-31-34-36-37-39-41-44-47-50-53-56-59-62-65-68-74(77)80-71-72(70-79-73(76)67-64-61-58-55-52-49-46-43-40-33-30-27-24-21-18-15-12-9-6-3)81-75(78)69-66-63-60-57-54-51-48-45-42-38-35-32-29-26-23-20-17-14-11-8-5-2/h7-12,16-21,25-30,34-36,38-41,43,45,47-48,50,56,59,72H,4-6,13-15,22-24,31-33,37,42,44,46,49,51-55,57-58,60-71H2,1-3H3/b10-7-,11-8-,12-9-,19-16-,20-17-,21-18-,28-25-,29-26-,30-27-,36-34-,38-35-,41-39-,43-40-,48-45-,50-47-,59-56-. The van der Waals surface area contributed by atoms with Crippen LogP contribution in [0.1, 0.15) is 239 Å². The highest BCUT2D eigenvalue weighted by Crippen LogP contribution is 2.13. The van der Waals surface area contributed by atoms with E-state index in [1.54, 1.807) is 0 Å². The van der Waals surface area contributed by atoms with Crippen molar-refractivity contribution in [2.75, 3.05) is 13.2 Å². The minimum absolute atomic E-state index is 0.123. The van der Waals surface area contributed by atoms with Gasteiger partial charge >= 0.3 is 17.9 Å². The largest absolute Gasteiger partial charge is 0.462 e. The zero-order valence-corrected chi connectivity index (χ0v) is 51.5. The molecule has 1 unspecified atom stereocenters. The van der Waals surface area contributed by atoms with Gasteiger partial charge in [-0.1, -0.05) is 260 Å². The van der Waals surface area contributed by atoms with Crippen LogP contribution in [0.5, 0.6) is 0 Å². The Labute approximate surface area is 497 Å². The van der Waals surface area contributed by atoms with E-state index in [9.17, 15) is 14.4 Å². The van der Waals surface area contributed by atoms with Crippen molar-refractivity contribution in [3.63, 3.8) is 0 Å². The summed E-state index contributed by atoms with van der Waals surface area (Å²) in [6.45, 7) is 6.21. The molecule has 1 atom stereocenters. The van der Waals surface area contributed by atoms with Crippen LogP contribution in [-0.4, -0.2) is 37.2 Å². The molecule has 0 aliphatic heterocycles. The zero-order chi connectivity index (χ0) is 58.5. The van der Waals surface area contributed by atoms with Crippen LogP contribution in [0.15, 0.2) is 194 Å². The Hall–Kier alpha value is -5.75. The quantitative estimate of drug-likeness (QED) is 0.0261. The summed E-state index contributed by atoms with van der Waals surface area (Å²) < 4.78 is 16.9. The lowest BCUT2D eigenvalue weighted by Gasteiger charge is -2.18. The third-order valence-corrected chi connectivity index (χ3v) is 12.6. The average molecular weight is 1110 g/mol. The molecule has 6 nitrogen and oxygen atoms in total. The van der Waals surface area contributed by atoms with Crippen molar-refractivity contribution in [3.8, 4) is 0 Å². The number of esters is 3. The molecule has 0 radical (unpaired) electrons. The van der Waals surface area contributed by atoms with Crippen molar-refractivity contribution < 1.29 is 28.6 Å². The van der Waals surface area contributed by atoms with Gasteiger partial charge < -0.3 is 14.2 Å². The van der Waals surface area contributed by atoms with E-state index in [0.717, 1.165) is 180 Å². The maximum Gasteiger partial charge on any atom is 0.306 e. The smallest absolute Gasteiger partial charge is 0.306 e. The van der Waals surface area contributed by atoms with Crippen LogP contribution >= 0.6 is 0 Å². The molecule has 0 N–H and O–H groups in total. The van der Waals surface area contributed by atoms with Gasteiger partial charge in [0.15, 0.2) is 6.10 Å². The van der Waals surface area contributed by atoms with Crippen LogP contribution in [0.25, 0.3) is 0 Å². The minimum Gasteiger partial charge on any atom is -0.462 e. The molecular formula is C75H114O6. The van der Waals surface area contributed by atoms with Crippen molar-refractivity contribution in [2.24, 2.45) is 0 Å². The molecular weight excluding hydrogens is 997 g/mol. The second-order valence-corrected chi connectivity index (χ2v) is 20.2. The van der Waals surface area contributed by atoms with Crippen molar-refractivity contribution in [2.45, 2.75) is 245 Å². The summed E-state index contributed by atoms with van der Waals surface area (Å²) in [5, 5.41) is 0. The maximum atomic E-state index is 12.9. The van der Waals surface area contributed by atoms with E-state index >= 15 is 0 Å². The van der Waals surface area contributed by atoms with Crippen LogP contribution < -0.4 is 0 Å². The van der Waals surface area contributed by atoms with Crippen LogP contribution in [0, 0.1) is 0 Å². The summed E-state index contributed by atoms with van der Waals surface area (Å²) in [7, 11) is 0. The first-order chi connectivity index (χ1) is 40.0. The lowest BCUT2D eigenvalue weighted by molar-refractivity contribution is -0.167. The first-order valence-corrected chi connectivity index (χ1v) is 31.9. The van der Waals surface area contributed by atoms with Gasteiger partial charge in [-0.25, -0.2) is 0 Å². The minimum atomic E-state index is -0.833. The van der Waals surface area contributed by atoms with Crippen molar-refractivity contribution in [1.82, 2.24) is 0 Å². The molecule has 0 heterocycles. The molecule has 0 fully saturated rings. The van der Waals surface area contributed by atoms with E-state index in [-0.39, 0.29) is 44.0 Å². The molecule has 0 rings (SSSR count). The van der Waals surface area contributed by atoms with Gasteiger partial charge in [-0.15, -0.1) is 0 Å². The first kappa shape index (κ1) is 75.2. The van der Waals surface area contributed by atoms with Gasteiger partial charge in [-0.05, 0) is 154 Å². The highest BCUT2D eigenvalue weighted by atomic mass is 16.6. The van der Waals surface area contributed by atoms with E-state index in [1.807, 2.05) is 0 Å². The molecule has 0 aromatic rings. The Morgan fingerprint density at radius 3 is 0.741 bits per heavy atom. The zero-order valence-electron chi connectivity index (χ0n) is 51.5. The predicted molar refractivity (Wildman–Crippen MR) is 352 cm³/mol. The summed E-state index contributed by atoms with van der Waals surface area (Å²) in [5.74, 6) is -1.03. The van der Waals surface area contributed by atoms with Gasteiger partial charge in [0.05, 0.1) is 0 Å². The number of hydrogen-bond acceptors (Lipinski definition) is 6. The fraction of sp³-hybridized carbons (Fsp3) is 0.533. The number of carbonyl (C=O) groups excluding carboxylic acids is 3. The van der Waals surface area contributed by atoms with Crippen LogP contribution in [0.4, 0.5) is 0 Å². The number of rotatable bonds is 55. The number of hydrogen-bond donors (Lipinski definition) is 0. The Morgan fingerprint density at radius 1 is 0.247 bits per heavy atom. The summed E-state index contributed by atoms with van der Waals surface area (Å²) >= 11 is 0. The molecule has 6 heteroatoms. The Balaban J connectivity index is 4.61. The lowest BCUT2D eigenvalue weighted by Crippen LogP contribution is -2.30. The molecule has 0 saturated carbocycles. The van der Waals surface area contributed by atoms with Gasteiger partial charge in [-0.2, -0.15) is 0 Å². The van der Waals surface area contributed by atoms with Crippen LogP contribution in [0.3, 0.4) is 0 Å². The summed E-state index contributed by atoms with van der Waals surface area (Å²) in [6.07, 6.45) is 101. The lowest BCUT2D eigenvalue weighted by atomic mass is 10.1. The third kappa shape index (κ3) is 64.9. The molecule has 450 valence electrons. The number of ether oxygens (including phenoxy) is 3. The highest BCUT2D eigenvalue weighted by Gasteiger charge is 2.19. The summed E-state index contributed by atoms with van der Waals surface area (Å²) in [6, 6.07) is 0. The molecule has 0 aliphatic rings. The molecule has 81 heavy (non-hydrogen) atoms. The molecule has 0 aromatic carbocycles. The second kappa shape index (κ2) is 66.8. The molecule has 0 spiro atoms. The predicted octanol–water partition coefficient (Wildman–Crippen LogP) is 22.2. The van der Waals surface area contributed by atoms with E-state index in [0.29, 0.717) is 12.8 Å². The fourth-order valence-electron chi connectivity index (χ4n) is 7.92. The summed E-state index contributed by atoms with van der Waals surface area (Å²) in [5.41, 5.74) is 0. The average Bonchev–Trinajstić information content (AvgIpc) is 3.47. The van der Waals surface area contributed by atoms with Gasteiger partial charge in [0.1, 0.15) is 13.2 Å². The van der Waals surface area contributed by atoms with E-state index in [2.05, 4.69) is 215 Å². The maximum absolute atomic E-state index is 12.9. The van der Waals surface area contributed by atoms with Crippen molar-refractivity contribution in [1.29, 1.82) is 0 Å². The van der Waals surface area contributed by atoms with E-state index in [4.69, 9.17) is 14.2 Å². The second-order valence-electron chi connectivity index (χ2n) is 20.2. The molecule has 0 saturated heterocycles. The fourth-order valence-corrected chi connectivity index (χ4v) is 7.92. The number of unbranched alkanes of at least 4 members (excludes halogenated alkanes) is 12. The van der Waals surface area contributed by atoms with E-state index < -0.39 is 6.10 Å².